The van der Waals surface area contributed by atoms with E-state index in [4.69, 9.17) is 0 Å². The smallest absolute Gasteiger partial charge is 0.141 e. The van der Waals surface area contributed by atoms with Gasteiger partial charge in [-0.3, -0.25) is 0 Å². The number of thiophene rings is 2. The van der Waals surface area contributed by atoms with Crippen LogP contribution in [-0.4, -0.2) is 69.5 Å². The fourth-order valence-corrected chi connectivity index (χ4v) is 7.87. The van der Waals surface area contributed by atoms with Crippen molar-refractivity contribution in [3.05, 3.63) is 34.0 Å². The van der Waals surface area contributed by atoms with Gasteiger partial charge in [-0.05, 0) is 68.4 Å². The SMILES string of the molecule is CC(C)c1cc2c(N3CCC(CO)CC3)ncnc2s1.CCc1c(C)sc2ncnc(N3CCC(CO)CC3)c12. The van der Waals surface area contributed by atoms with Crippen LogP contribution in [0.25, 0.3) is 20.4 Å². The molecule has 4 aromatic rings. The van der Waals surface area contributed by atoms with E-state index in [1.165, 1.54) is 26.1 Å². The Morgan fingerprint density at radius 3 is 1.93 bits per heavy atom. The number of anilines is 2. The third kappa shape index (κ3) is 6.10. The zero-order chi connectivity index (χ0) is 28.2. The number of rotatable bonds is 6. The fourth-order valence-electron chi connectivity index (χ4n) is 5.80. The third-order valence-corrected chi connectivity index (χ3v) is 10.8. The molecule has 0 spiro atoms. The second kappa shape index (κ2) is 13.1. The largest absolute Gasteiger partial charge is 0.396 e. The van der Waals surface area contributed by atoms with E-state index in [0.717, 1.165) is 79.6 Å². The average Bonchev–Trinajstić information content (AvgIpc) is 3.58. The molecule has 4 aromatic heterocycles. The monoisotopic (exact) mass is 582 g/mol. The molecular weight excluding hydrogens is 541 g/mol. The van der Waals surface area contributed by atoms with Gasteiger partial charge in [-0.1, -0.05) is 20.8 Å². The van der Waals surface area contributed by atoms with Crippen LogP contribution in [0.3, 0.4) is 0 Å². The molecule has 216 valence electrons. The first-order valence-electron chi connectivity index (χ1n) is 14.6. The van der Waals surface area contributed by atoms with Crippen molar-refractivity contribution < 1.29 is 10.2 Å². The third-order valence-electron chi connectivity index (χ3n) is 8.36. The van der Waals surface area contributed by atoms with Crippen LogP contribution >= 0.6 is 22.7 Å². The number of hydrogen-bond donors (Lipinski definition) is 2. The van der Waals surface area contributed by atoms with E-state index in [-0.39, 0.29) is 0 Å². The Morgan fingerprint density at radius 2 is 1.38 bits per heavy atom. The van der Waals surface area contributed by atoms with Crippen molar-refractivity contribution in [2.75, 3.05) is 49.2 Å². The summed E-state index contributed by atoms with van der Waals surface area (Å²) in [6.07, 6.45) is 8.58. The van der Waals surface area contributed by atoms with Gasteiger partial charge in [0, 0.05) is 49.1 Å². The molecule has 0 saturated carbocycles. The number of piperidine rings is 2. The first kappa shape index (κ1) is 29.1. The Kier molecular flexibility index (Phi) is 9.50. The van der Waals surface area contributed by atoms with Gasteiger partial charge in [0.15, 0.2) is 0 Å². The predicted octanol–water partition coefficient (Wildman–Crippen LogP) is 5.79. The van der Waals surface area contributed by atoms with Gasteiger partial charge in [-0.25, -0.2) is 19.9 Å². The molecule has 0 amide bonds. The number of aryl methyl sites for hydroxylation is 2. The van der Waals surface area contributed by atoms with Crippen molar-refractivity contribution in [1.82, 2.24) is 19.9 Å². The standard InChI is InChI=1S/2C15H21N3OS/c1-10(2)13-7-12-14(16-9-17-15(12)20-13)18-5-3-11(8-19)4-6-18;1-3-12-10(2)20-15-13(12)14(16-9-17-15)18-6-4-11(8-19)5-7-18/h7,9-11,19H,3-6,8H2,1-2H3;9,11,19H,3-8H2,1-2H3. The molecule has 0 aliphatic carbocycles. The molecule has 2 saturated heterocycles. The fraction of sp³-hybridized carbons (Fsp3) is 0.600. The second-order valence-electron chi connectivity index (χ2n) is 11.3. The molecule has 2 fully saturated rings. The summed E-state index contributed by atoms with van der Waals surface area (Å²) in [5.41, 5.74) is 1.39. The van der Waals surface area contributed by atoms with Gasteiger partial charge in [0.2, 0.25) is 0 Å². The minimum absolute atomic E-state index is 0.309. The molecule has 0 unspecified atom stereocenters. The Bertz CT molecular complexity index is 1400. The summed E-state index contributed by atoms with van der Waals surface area (Å²) in [5, 5.41) is 20.9. The summed E-state index contributed by atoms with van der Waals surface area (Å²) in [7, 11) is 0. The minimum Gasteiger partial charge on any atom is -0.396 e. The van der Waals surface area contributed by atoms with Gasteiger partial charge in [-0.2, -0.15) is 0 Å². The molecule has 2 aliphatic heterocycles. The molecule has 6 heterocycles. The Balaban J connectivity index is 0.000000161. The van der Waals surface area contributed by atoms with Crippen LogP contribution in [0, 0.1) is 18.8 Å². The molecular formula is C30H42N6O2S2. The summed E-state index contributed by atoms with van der Waals surface area (Å²) in [4.78, 5) is 27.5. The van der Waals surface area contributed by atoms with E-state index < -0.39 is 0 Å². The molecule has 0 bridgehead atoms. The van der Waals surface area contributed by atoms with Crippen molar-refractivity contribution in [2.45, 2.75) is 65.7 Å². The summed E-state index contributed by atoms with van der Waals surface area (Å²) in [6.45, 7) is 13.3. The van der Waals surface area contributed by atoms with Crippen LogP contribution in [0.5, 0.6) is 0 Å². The van der Waals surface area contributed by atoms with Gasteiger partial charge >= 0.3 is 0 Å². The first-order chi connectivity index (χ1) is 19.4. The van der Waals surface area contributed by atoms with Crippen LogP contribution in [0.15, 0.2) is 18.7 Å². The normalized spacial score (nSPS) is 17.2. The van der Waals surface area contributed by atoms with Crippen molar-refractivity contribution in [2.24, 2.45) is 11.8 Å². The minimum atomic E-state index is 0.309. The molecule has 0 aromatic carbocycles. The quantitative estimate of drug-likeness (QED) is 0.295. The van der Waals surface area contributed by atoms with Gasteiger partial charge in [-0.15, -0.1) is 22.7 Å². The van der Waals surface area contributed by atoms with E-state index in [0.29, 0.717) is 31.0 Å². The Morgan fingerprint density at radius 1 is 0.825 bits per heavy atom. The molecule has 0 atom stereocenters. The lowest BCUT2D eigenvalue weighted by Crippen LogP contribution is -2.35. The summed E-state index contributed by atoms with van der Waals surface area (Å²) >= 11 is 3.54. The topological polar surface area (TPSA) is 98.5 Å². The molecule has 10 heteroatoms. The van der Waals surface area contributed by atoms with E-state index in [2.05, 4.69) is 63.5 Å². The van der Waals surface area contributed by atoms with Crippen LogP contribution in [0.1, 0.15) is 67.7 Å². The molecule has 0 radical (unpaired) electrons. The lowest BCUT2D eigenvalue weighted by Gasteiger charge is -2.32. The average molecular weight is 583 g/mol. The number of nitrogens with zero attached hydrogens (tertiary/aromatic N) is 6. The zero-order valence-corrected chi connectivity index (χ0v) is 25.8. The van der Waals surface area contributed by atoms with Gasteiger partial charge in [0.25, 0.3) is 0 Å². The summed E-state index contributed by atoms with van der Waals surface area (Å²) in [5.74, 6) is 3.60. The Hall–Kier alpha value is -2.40. The Labute approximate surface area is 245 Å². The number of fused-ring (bicyclic) bond motifs is 2. The van der Waals surface area contributed by atoms with Gasteiger partial charge < -0.3 is 20.0 Å². The number of aromatic nitrogens is 4. The zero-order valence-electron chi connectivity index (χ0n) is 24.1. The van der Waals surface area contributed by atoms with Crippen LogP contribution in [-0.2, 0) is 6.42 Å². The van der Waals surface area contributed by atoms with Gasteiger partial charge in [0.1, 0.15) is 34.0 Å². The number of aliphatic hydroxyl groups is 2. The highest BCUT2D eigenvalue weighted by Crippen LogP contribution is 2.37. The van der Waals surface area contributed by atoms with Crippen molar-refractivity contribution in [1.29, 1.82) is 0 Å². The predicted molar refractivity (Wildman–Crippen MR) is 167 cm³/mol. The molecule has 2 aliphatic rings. The lowest BCUT2D eigenvalue weighted by molar-refractivity contribution is 0.202. The highest BCUT2D eigenvalue weighted by molar-refractivity contribution is 7.19. The maximum absolute atomic E-state index is 9.26. The molecule has 6 rings (SSSR count). The first-order valence-corrected chi connectivity index (χ1v) is 16.3. The maximum atomic E-state index is 9.26. The molecule has 2 N–H and O–H groups in total. The van der Waals surface area contributed by atoms with Gasteiger partial charge in [0.05, 0.1) is 10.8 Å². The summed E-state index contributed by atoms with van der Waals surface area (Å²) in [6, 6.07) is 2.25. The van der Waals surface area contributed by atoms with Crippen LogP contribution < -0.4 is 9.80 Å². The lowest BCUT2D eigenvalue weighted by atomic mass is 9.97. The number of hydrogen-bond acceptors (Lipinski definition) is 10. The highest BCUT2D eigenvalue weighted by atomic mass is 32.1. The summed E-state index contributed by atoms with van der Waals surface area (Å²) < 4.78 is 0. The highest BCUT2D eigenvalue weighted by Gasteiger charge is 2.24. The van der Waals surface area contributed by atoms with Crippen molar-refractivity contribution in [3.8, 4) is 0 Å². The maximum Gasteiger partial charge on any atom is 0.141 e. The van der Waals surface area contributed by atoms with E-state index >= 15 is 0 Å². The number of aliphatic hydroxyl groups excluding tert-OH is 2. The second-order valence-corrected chi connectivity index (χ2v) is 13.6. The van der Waals surface area contributed by atoms with Crippen molar-refractivity contribution in [3.63, 3.8) is 0 Å². The molecule has 40 heavy (non-hydrogen) atoms. The molecule has 8 nitrogen and oxygen atoms in total. The van der Waals surface area contributed by atoms with Crippen molar-refractivity contribution >= 4 is 54.7 Å². The van der Waals surface area contributed by atoms with E-state index in [1.807, 2.05) is 0 Å². The van der Waals surface area contributed by atoms with E-state index in [9.17, 15) is 10.2 Å². The van der Waals surface area contributed by atoms with Crippen LogP contribution in [0.4, 0.5) is 11.6 Å². The van der Waals surface area contributed by atoms with Crippen LogP contribution in [0.2, 0.25) is 0 Å². The van der Waals surface area contributed by atoms with E-state index in [1.54, 1.807) is 35.3 Å².